The van der Waals surface area contributed by atoms with Crippen molar-refractivity contribution in [3.05, 3.63) is 181 Å². The summed E-state index contributed by atoms with van der Waals surface area (Å²) in [5.74, 6) is 0. The lowest BCUT2D eigenvalue weighted by molar-refractivity contribution is 0.661. The van der Waals surface area contributed by atoms with Crippen molar-refractivity contribution in [1.29, 1.82) is 0 Å². The van der Waals surface area contributed by atoms with Gasteiger partial charge in [-0.3, -0.25) is 0 Å². The third-order valence-electron chi connectivity index (χ3n) is 11.1. The highest BCUT2D eigenvalue weighted by atomic mass is 14.4. The van der Waals surface area contributed by atoms with Crippen molar-refractivity contribution in [2.45, 2.75) is 19.3 Å². The Morgan fingerprint density at radius 1 is 0.286 bits per heavy atom. The smallest absolute Gasteiger partial charge is 0.0159 e. The summed E-state index contributed by atoms with van der Waals surface area (Å²) in [5.41, 5.74) is 13.0. The molecule has 1 aliphatic carbocycles. The van der Waals surface area contributed by atoms with Crippen molar-refractivity contribution in [1.82, 2.24) is 0 Å². The van der Waals surface area contributed by atoms with E-state index in [1.807, 2.05) is 0 Å². The van der Waals surface area contributed by atoms with E-state index in [-0.39, 0.29) is 5.41 Å². The summed E-state index contributed by atoms with van der Waals surface area (Å²) >= 11 is 0. The van der Waals surface area contributed by atoms with E-state index < -0.39 is 0 Å². The van der Waals surface area contributed by atoms with Crippen LogP contribution < -0.4 is 0 Å². The Kier molecular flexibility index (Phi) is 6.02. The normalized spacial score (nSPS) is 13.3. The van der Waals surface area contributed by atoms with Crippen LogP contribution in [0.3, 0.4) is 0 Å². The fourth-order valence-electron chi connectivity index (χ4n) is 8.41. The third-order valence-corrected chi connectivity index (χ3v) is 11.1. The molecule has 0 heterocycles. The average molecular weight is 623 g/mol. The monoisotopic (exact) mass is 622 g/mol. The lowest BCUT2D eigenvalue weighted by atomic mass is 9.80. The second-order valence-electron chi connectivity index (χ2n) is 14.1. The van der Waals surface area contributed by atoms with Gasteiger partial charge in [-0.15, -0.1) is 0 Å². The molecular weight excluding hydrogens is 589 g/mol. The summed E-state index contributed by atoms with van der Waals surface area (Å²) in [4.78, 5) is 0. The maximum Gasteiger partial charge on any atom is 0.0159 e. The molecule has 0 heteroatoms. The standard InChI is InChI=1S/C49H34/c1-49(2)47-28-37(22-25-43(47)44-26-23-38(29-48(44)49)36-20-17-31-9-3-4-11-35(31)27-36)32-15-18-34(19-16-32)45-30-46-39-12-6-5-10-33(39)21-24-42(46)40-13-7-8-14-41(40)45/h3-30H,1-2H3. The van der Waals surface area contributed by atoms with Gasteiger partial charge >= 0.3 is 0 Å². The molecule has 0 bridgehead atoms. The molecule has 1 aliphatic rings. The summed E-state index contributed by atoms with van der Waals surface area (Å²) in [6, 6.07) is 63.2. The Hall–Kier alpha value is -5.98. The summed E-state index contributed by atoms with van der Waals surface area (Å²) in [7, 11) is 0. The van der Waals surface area contributed by atoms with Gasteiger partial charge in [-0.1, -0.05) is 159 Å². The van der Waals surface area contributed by atoms with Gasteiger partial charge in [0.25, 0.3) is 0 Å². The molecule has 0 N–H and O–H groups in total. The van der Waals surface area contributed by atoms with Crippen LogP contribution in [0, 0.1) is 0 Å². The molecule has 230 valence electrons. The molecule has 0 unspecified atom stereocenters. The highest BCUT2D eigenvalue weighted by molar-refractivity contribution is 6.21. The van der Waals surface area contributed by atoms with Crippen LogP contribution >= 0.6 is 0 Å². The topological polar surface area (TPSA) is 0 Å². The fourth-order valence-corrected chi connectivity index (χ4v) is 8.41. The van der Waals surface area contributed by atoms with E-state index in [2.05, 4.69) is 184 Å². The first-order valence-corrected chi connectivity index (χ1v) is 17.3. The van der Waals surface area contributed by atoms with Crippen molar-refractivity contribution in [2.75, 3.05) is 0 Å². The number of fused-ring (bicyclic) bond motifs is 9. The first-order chi connectivity index (χ1) is 24.0. The van der Waals surface area contributed by atoms with Crippen LogP contribution in [0.25, 0.3) is 87.6 Å². The van der Waals surface area contributed by atoms with Gasteiger partial charge < -0.3 is 0 Å². The van der Waals surface area contributed by atoms with Gasteiger partial charge in [-0.05, 0) is 123 Å². The second kappa shape index (κ2) is 10.5. The number of rotatable bonds is 3. The Bertz CT molecular complexity index is 2780. The Morgan fingerprint density at radius 3 is 1.51 bits per heavy atom. The lowest BCUT2D eigenvalue weighted by Crippen LogP contribution is -2.15. The quantitative estimate of drug-likeness (QED) is 0.172. The minimum absolute atomic E-state index is 0.0970. The van der Waals surface area contributed by atoms with E-state index in [1.165, 1.54) is 98.7 Å². The molecule has 0 aromatic heterocycles. The molecule has 0 saturated carbocycles. The fraction of sp³-hybridized carbons (Fsp3) is 0.0612. The first kappa shape index (κ1) is 28.1. The first-order valence-electron chi connectivity index (χ1n) is 17.3. The van der Waals surface area contributed by atoms with Gasteiger partial charge in [0.05, 0.1) is 0 Å². The van der Waals surface area contributed by atoms with E-state index in [1.54, 1.807) is 0 Å². The molecule has 0 aliphatic heterocycles. The summed E-state index contributed by atoms with van der Waals surface area (Å²) in [6.07, 6.45) is 0. The molecule has 0 saturated heterocycles. The number of hydrogen-bond donors (Lipinski definition) is 0. The zero-order chi connectivity index (χ0) is 32.7. The van der Waals surface area contributed by atoms with Crippen LogP contribution in [0.1, 0.15) is 25.0 Å². The molecule has 9 aromatic rings. The van der Waals surface area contributed by atoms with E-state index in [9.17, 15) is 0 Å². The number of benzene rings is 9. The molecule has 0 atom stereocenters. The maximum absolute atomic E-state index is 2.43. The third kappa shape index (κ3) is 4.31. The second-order valence-corrected chi connectivity index (χ2v) is 14.1. The molecule has 0 spiro atoms. The van der Waals surface area contributed by atoms with Crippen molar-refractivity contribution in [3.8, 4) is 44.5 Å². The molecular formula is C49H34. The average Bonchev–Trinajstić information content (AvgIpc) is 3.39. The van der Waals surface area contributed by atoms with Gasteiger partial charge in [0.1, 0.15) is 0 Å². The van der Waals surface area contributed by atoms with Crippen molar-refractivity contribution < 1.29 is 0 Å². The van der Waals surface area contributed by atoms with E-state index in [0.29, 0.717) is 0 Å². The Balaban J connectivity index is 1.03. The predicted octanol–water partition coefficient (Wildman–Crippen LogP) is 13.6. The van der Waals surface area contributed by atoms with Crippen LogP contribution in [-0.4, -0.2) is 0 Å². The molecule has 49 heavy (non-hydrogen) atoms. The summed E-state index contributed by atoms with van der Waals surface area (Å²) in [6.45, 7) is 4.76. The van der Waals surface area contributed by atoms with E-state index in [0.717, 1.165) is 0 Å². The summed E-state index contributed by atoms with van der Waals surface area (Å²) < 4.78 is 0. The minimum atomic E-state index is -0.0970. The van der Waals surface area contributed by atoms with Gasteiger partial charge in [0, 0.05) is 5.41 Å². The lowest BCUT2D eigenvalue weighted by Gasteiger charge is -2.22. The molecule has 9 aromatic carbocycles. The largest absolute Gasteiger partial charge is 0.0616 e. The van der Waals surface area contributed by atoms with Crippen LogP contribution in [0.4, 0.5) is 0 Å². The Labute approximate surface area is 286 Å². The van der Waals surface area contributed by atoms with Crippen molar-refractivity contribution in [3.63, 3.8) is 0 Å². The highest BCUT2D eigenvalue weighted by Gasteiger charge is 2.35. The van der Waals surface area contributed by atoms with Crippen LogP contribution in [0.15, 0.2) is 170 Å². The minimum Gasteiger partial charge on any atom is -0.0616 e. The zero-order valence-electron chi connectivity index (χ0n) is 27.7. The van der Waals surface area contributed by atoms with Crippen LogP contribution in [-0.2, 0) is 5.41 Å². The van der Waals surface area contributed by atoms with Gasteiger partial charge in [-0.2, -0.15) is 0 Å². The highest BCUT2D eigenvalue weighted by Crippen LogP contribution is 2.51. The molecule has 0 fully saturated rings. The molecule has 0 nitrogen and oxygen atoms in total. The van der Waals surface area contributed by atoms with Gasteiger partial charge in [0.2, 0.25) is 0 Å². The van der Waals surface area contributed by atoms with Gasteiger partial charge in [0.15, 0.2) is 0 Å². The SMILES string of the molecule is CC1(C)c2cc(-c3ccc(-c4cc5c6ccccc6ccc5c5ccccc45)cc3)ccc2-c2ccc(-c3ccc4ccccc4c3)cc21. The van der Waals surface area contributed by atoms with Crippen LogP contribution in [0.2, 0.25) is 0 Å². The maximum atomic E-state index is 2.43. The predicted molar refractivity (Wildman–Crippen MR) is 210 cm³/mol. The van der Waals surface area contributed by atoms with Gasteiger partial charge in [-0.25, -0.2) is 0 Å². The van der Waals surface area contributed by atoms with E-state index in [4.69, 9.17) is 0 Å². The molecule has 10 rings (SSSR count). The zero-order valence-corrected chi connectivity index (χ0v) is 27.7. The van der Waals surface area contributed by atoms with Crippen LogP contribution in [0.5, 0.6) is 0 Å². The van der Waals surface area contributed by atoms with Crippen molar-refractivity contribution >= 4 is 43.1 Å². The Morgan fingerprint density at radius 2 is 0.776 bits per heavy atom. The number of hydrogen-bond acceptors (Lipinski definition) is 0. The van der Waals surface area contributed by atoms with Crippen molar-refractivity contribution in [2.24, 2.45) is 0 Å². The van der Waals surface area contributed by atoms with E-state index >= 15 is 0 Å². The summed E-state index contributed by atoms with van der Waals surface area (Å²) in [5, 5.41) is 10.3. The molecule has 0 amide bonds. The molecule has 0 radical (unpaired) electrons.